The number of carbonyl (C=O) groups is 2. The summed E-state index contributed by atoms with van der Waals surface area (Å²) in [4.78, 5) is 23.4. The summed E-state index contributed by atoms with van der Waals surface area (Å²) >= 11 is 0. The Balaban J connectivity index is 2.55. The van der Waals surface area contributed by atoms with Crippen molar-refractivity contribution in [2.75, 3.05) is 11.9 Å². The molecule has 1 atom stereocenters. The Hall–Kier alpha value is -2.11. The van der Waals surface area contributed by atoms with Crippen LogP contribution in [0.4, 0.5) is 14.9 Å². The molecular formula is C15H21FN2O3. The quantitative estimate of drug-likeness (QED) is 0.878. The third-order valence-corrected chi connectivity index (χ3v) is 2.80. The lowest BCUT2D eigenvalue weighted by Crippen LogP contribution is -2.42. The van der Waals surface area contributed by atoms with Crippen LogP contribution in [0.1, 0.15) is 26.3 Å². The first-order valence-electron chi connectivity index (χ1n) is 6.80. The molecule has 6 heteroatoms. The van der Waals surface area contributed by atoms with Crippen LogP contribution < -0.4 is 10.6 Å². The van der Waals surface area contributed by atoms with Gasteiger partial charge >= 0.3 is 6.09 Å². The number of alkyl carbamates (subject to hydrolysis) is 1. The van der Waals surface area contributed by atoms with E-state index in [-0.39, 0.29) is 12.5 Å². The van der Waals surface area contributed by atoms with Crippen LogP contribution in [0.3, 0.4) is 0 Å². The lowest BCUT2D eigenvalue weighted by molar-refractivity contribution is -0.117. The highest BCUT2D eigenvalue weighted by atomic mass is 19.1. The third kappa shape index (κ3) is 5.41. The third-order valence-electron chi connectivity index (χ3n) is 2.80. The predicted molar refractivity (Wildman–Crippen MR) is 78.6 cm³/mol. The van der Waals surface area contributed by atoms with Gasteiger partial charge in [-0.25, -0.2) is 9.18 Å². The summed E-state index contributed by atoms with van der Waals surface area (Å²) in [5.41, 5.74) is 0.727. The molecule has 1 aromatic rings. The first-order chi connectivity index (χ1) is 9.81. The number of carbonyl (C=O) groups excluding carboxylic acids is 2. The van der Waals surface area contributed by atoms with Crippen LogP contribution in [0.2, 0.25) is 0 Å². The molecule has 0 aliphatic rings. The van der Waals surface area contributed by atoms with E-state index in [1.54, 1.807) is 13.0 Å². The molecule has 1 aromatic carbocycles. The minimum Gasteiger partial charge on any atom is -0.449 e. The van der Waals surface area contributed by atoms with E-state index in [0.29, 0.717) is 11.3 Å². The summed E-state index contributed by atoms with van der Waals surface area (Å²) < 4.78 is 18.3. The summed E-state index contributed by atoms with van der Waals surface area (Å²) in [7, 11) is 0. The van der Waals surface area contributed by atoms with Crippen LogP contribution in [-0.4, -0.2) is 24.6 Å². The molecule has 0 heterocycles. The molecule has 0 saturated carbocycles. The van der Waals surface area contributed by atoms with Crippen molar-refractivity contribution in [1.82, 2.24) is 5.32 Å². The van der Waals surface area contributed by atoms with Crippen LogP contribution in [0.5, 0.6) is 0 Å². The van der Waals surface area contributed by atoms with E-state index >= 15 is 0 Å². The molecule has 5 nitrogen and oxygen atoms in total. The molecule has 1 rings (SSSR count). The van der Waals surface area contributed by atoms with E-state index in [1.807, 2.05) is 13.8 Å². The van der Waals surface area contributed by atoms with Crippen LogP contribution in [0, 0.1) is 18.7 Å². The van der Waals surface area contributed by atoms with Crippen molar-refractivity contribution in [3.63, 3.8) is 0 Å². The Labute approximate surface area is 123 Å². The summed E-state index contributed by atoms with van der Waals surface area (Å²) in [6.07, 6.45) is -0.651. The lowest BCUT2D eigenvalue weighted by atomic mass is 10.2. The van der Waals surface area contributed by atoms with Gasteiger partial charge in [0, 0.05) is 11.3 Å². The Kier molecular flexibility index (Phi) is 6.14. The average molecular weight is 296 g/mol. The first kappa shape index (κ1) is 16.9. The number of hydrogen-bond donors (Lipinski definition) is 2. The molecule has 0 aliphatic heterocycles. The van der Waals surface area contributed by atoms with Gasteiger partial charge in [-0.1, -0.05) is 19.9 Å². The van der Waals surface area contributed by atoms with Crippen LogP contribution in [0.15, 0.2) is 18.2 Å². The zero-order valence-corrected chi connectivity index (χ0v) is 12.7. The van der Waals surface area contributed by atoms with Crippen molar-refractivity contribution in [3.05, 3.63) is 29.6 Å². The van der Waals surface area contributed by atoms with E-state index in [0.717, 1.165) is 0 Å². The predicted octanol–water partition coefficient (Wildman–Crippen LogP) is 2.84. The topological polar surface area (TPSA) is 67.4 Å². The molecule has 0 bridgehead atoms. The van der Waals surface area contributed by atoms with Crippen molar-refractivity contribution in [3.8, 4) is 0 Å². The van der Waals surface area contributed by atoms with Gasteiger partial charge in [0.25, 0.3) is 0 Å². The Morgan fingerprint density at radius 2 is 1.95 bits per heavy atom. The highest BCUT2D eigenvalue weighted by Crippen LogP contribution is 2.17. The van der Waals surface area contributed by atoms with Crippen LogP contribution in [-0.2, 0) is 9.53 Å². The first-order valence-corrected chi connectivity index (χ1v) is 6.80. The van der Waals surface area contributed by atoms with Crippen molar-refractivity contribution in [2.24, 2.45) is 5.92 Å². The van der Waals surface area contributed by atoms with Gasteiger partial charge in [0.05, 0.1) is 6.61 Å². The van der Waals surface area contributed by atoms with E-state index in [1.165, 1.54) is 19.1 Å². The molecule has 21 heavy (non-hydrogen) atoms. The summed E-state index contributed by atoms with van der Waals surface area (Å²) in [6.45, 7) is 7.20. The average Bonchev–Trinajstić information content (AvgIpc) is 2.41. The highest BCUT2D eigenvalue weighted by molar-refractivity contribution is 5.96. The fourth-order valence-corrected chi connectivity index (χ4v) is 1.51. The Morgan fingerprint density at radius 3 is 2.57 bits per heavy atom. The van der Waals surface area contributed by atoms with Gasteiger partial charge in [-0.05, 0) is 31.9 Å². The molecule has 0 aromatic heterocycles. The maximum absolute atomic E-state index is 13.4. The van der Waals surface area contributed by atoms with Gasteiger partial charge in [0.1, 0.15) is 11.9 Å². The molecule has 0 fully saturated rings. The maximum Gasteiger partial charge on any atom is 0.407 e. The summed E-state index contributed by atoms with van der Waals surface area (Å²) in [6, 6.07) is 3.63. The van der Waals surface area contributed by atoms with Crippen molar-refractivity contribution < 1.29 is 18.7 Å². The fourth-order valence-electron chi connectivity index (χ4n) is 1.51. The fraction of sp³-hybridized carbons (Fsp3) is 0.467. The minimum absolute atomic E-state index is 0.217. The zero-order chi connectivity index (χ0) is 16.0. The molecule has 116 valence electrons. The number of halogens is 1. The molecule has 0 aliphatic carbocycles. The molecular weight excluding hydrogens is 275 g/mol. The van der Waals surface area contributed by atoms with Gasteiger partial charge in [-0.2, -0.15) is 0 Å². The second kappa shape index (κ2) is 7.61. The van der Waals surface area contributed by atoms with Crippen molar-refractivity contribution in [2.45, 2.75) is 33.7 Å². The monoisotopic (exact) mass is 296 g/mol. The highest BCUT2D eigenvalue weighted by Gasteiger charge is 2.17. The number of anilines is 1. The minimum atomic E-state index is -0.785. The molecule has 0 saturated heterocycles. The van der Waals surface area contributed by atoms with Crippen LogP contribution in [0.25, 0.3) is 0 Å². The van der Waals surface area contributed by atoms with Gasteiger partial charge in [0.15, 0.2) is 0 Å². The smallest absolute Gasteiger partial charge is 0.407 e. The van der Waals surface area contributed by atoms with Gasteiger partial charge in [-0.15, -0.1) is 0 Å². The van der Waals surface area contributed by atoms with Crippen molar-refractivity contribution in [1.29, 1.82) is 0 Å². The molecule has 0 spiro atoms. The number of nitrogens with one attached hydrogen (secondary N) is 2. The molecule has 1 unspecified atom stereocenters. The maximum atomic E-state index is 13.4. The second-order valence-electron chi connectivity index (χ2n) is 5.26. The molecule has 2 amide bonds. The van der Waals surface area contributed by atoms with Crippen LogP contribution >= 0.6 is 0 Å². The summed E-state index contributed by atoms with van der Waals surface area (Å²) in [5.74, 6) is -0.621. The van der Waals surface area contributed by atoms with Crippen molar-refractivity contribution >= 4 is 17.7 Å². The number of ether oxygens (including phenoxy) is 1. The molecule has 0 radical (unpaired) electrons. The van der Waals surface area contributed by atoms with E-state index in [4.69, 9.17) is 4.74 Å². The Bertz CT molecular complexity index is 518. The number of rotatable bonds is 5. The zero-order valence-electron chi connectivity index (χ0n) is 12.7. The lowest BCUT2D eigenvalue weighted by Gasteiger charge is -2.16. The van der Waals surface area contributed by atoms with Gasteiger partial charge in [-0.3, -0.25) is 4.79 Å². The number of amides is 2. The van der Waals surface area contributed by atoms with Gasteiger partial charge in [0.2, 0.25) is 5.91 Å². The molecule has 2 N–H and O–H groups in total. The summed E-state index contributed by atoms with van der Waals surface area (Å²) in [5, 5.41) is 4.99. The number of benzene rings is 1. The Morgan fingerprint density at radius 1 is 1.29 bits per heavy atom. The number of hydrogen-bond acceptors (Lipinski definition) is 3. The van der Waals surface area contributed by atoms with Gasteiger partial charge < -0.3 is 15.4 Å². The van der Waals surface area contributed by atoms with E-state index < -0.39 is 23.9 Å². The standard InChI is InChI=1S/C15H21FN2O3/c1-9(2)8-21-15(20)17-11(4)14(19)18-13-7-5-6-12(16)10(13)3/h5-7,9,11H,8H2,1-4H3,(H,17,20)(H,18,19). The van der Waals surface area contributed by atoms with E-state index in [9.17, 15) is 14.0 Å². The van der Waals surface area contributed by atoms with E-state index in [2.05, 4.69) is 10.6 Å². The normalized spacial score (nSPS) is 11.9. The second-order valence-corrected chi connectivity index (χ2v) is 5.26. The SMILES string of the molecule is Cc1c(F)cccc1NC(=O)C(C)NC(=O)OCC(C)C. The largest absolute Gasteiger partial charge is 0.449 e.